The first-order chi connectivity index (χ1) is 11.1. The summed E-state index contributed by atoms with van der Waals surface area (Å²) in [5, 5.41) is 8.86. The molecule has 1 aromatic rings. The molecule has 6 heteroatoms. The number of carbonyl (C=O) groups excluding carboxylic acids is 1. The molecule has 0 spiro atoms. The Kier molecular flexibility index (Phi) is 4.50. The van der Waals surface area contributed by atoms with Crippen LogP contribution in [0.4, 0.5) is 4.39 Å². The fourth-order valence-corrected chi connectivity index (χ4v) is 3.43. The Morgan fingerprint density at radius 3 is 2.91 bits per heavy atom. The highest BCUT2D eigenvalue weighted by Gasteiger charge is 2.37. The fraction of sp³-hybridized carbons (Fsp3) is 0.529. The highest BCUT2D eigenvalue weighted by Crippen LogP contribution is 2.33. The Morgan fingerprint density at radius 1 is 1.35 bits per heavy atom. The van der Waals surface area contributed by atoms with Crippen LogP contribution in [0.3, 0.4) is 0 Å². The first-order valence-electron chi connectivity index (χ1n) is 8.02. The van der Waals surface area contributed by atoms with E-state index in [1.807, 2.05) is 0 Å². The lowest BCUT2D eigenvalue weighted by molar-refractivity contribution is -0.144. The second-order valence-electron chi connectivity index (χ2n) is 6.15. The zero-order valence-electron chi connectivity index (χ0n) is 12.8. The zero-order chi connectivity index (χ0) is 16.4. The molecule has 1 fully saturated rings. The van der Waals surface area contributed by atoms with E-state index in [1.165, 1.54) is 6.07 Å². The maximum Gasteiger partial charge on any atom is 0.303 e. The summed E-state index contributed by atoms with van der Waals surface area (Å²) in [6.45, 7) is 0.613. The average molecular weight is 321 g/mol. The number of rotatable bonds is 4. The number of aliphatic carboxylic acids is 1. The minimum atomic E-state index is -0.852. The number of para-hydroxylation sites is 1. The molecule has 1 aromatic carbocycles. The van der Waals surface area contributed by atoms with E-state index in [0.29, 0.717) is 24.9 Å². The molecule has 0 unspecified atom stereocenters. The topological polar surface area (TPSA) is 66.8 Å². The van der Waals surface area contributed by atoms with Gasteiger partial charge in [0.15, 0.2) is 17.7 Å². The van der Waals surface area contributed by atoms with Crippen LogP contribution in [0.15, 0.2) is 18.2 Å². The normalized spacial score (nSPS) is 23.3. The predicted octanol–water partition coefficient (Wildman–Crippen LogP) is 2.38. The summed E-state index contributed by atoms with van der Waals surface area (Å²) in [5.74, 6) is -1.28. The van der Waals surface area contributed by atoms with Crippen molar-refractivity contribution in [1.82, 2.24) is 4.90 Å². The van der Waals surface area contributed by atoms with Gasteiger partial charge in [-0.25, -0.2) is 4.39 Å². The fourth-order valence-electron chi connectivity index (χ4n) is 3.43. The molecule has 0 aromatic heterocycles. The summed E-state index contributed by atoms with van der Waals surface area (Å²) in [4.78, 5) is 25.3. The van der Waals surface area contributed by atoms with E-state index >= 15 is 0 Å². The number of nitrogens with zero attached hydrogens (tertiary/aromatic N) is 1. The number of hydrogen-bond acceptors (Lipinski definition) is 3. The van der Waals surface area contributed by atoms with Gasteiger partial charge in [0.2, 0.25) is 0 Å². The van der Waals surface area contributed by atoms with Crippen LogP contribution in [0.1, 0.15) is 37.7 Å². The Balaban J connectivity index is 1.69. The summed E-state index contributed by atoms with van der Waals surface area (Å²) in [6, 6.07) is 4.64. The molecule has 5 nitrogen and oxygen atoms in total. The maximum absolute atomic E-state index is 13.7. The first kappa shape index (κ1) is 15.8. The van der Waals surface area contributed by atoms with Crippen molar-refractivity contribution in [2.75, 3.05) is 6.54 Å². The van der Waals surface area contributed by atoms with E-state index in [9.17, 15) is 14.0 Å². The minimum Gasteiger partial charge on any atom is -0.481 e. The standard InChI is InChI=1S/C17H20FNO4/c18-13-6-3-4-11-10-14(23-16(11)13)17(22)19-9-2-1-5-12(19)7-8-15(20)21/h3-4,6,12,14H,1-2,5,7-10H2,(H,20,21)/t12-,14+/m1/s1. The highest BCUT2D eigenvalue weighted by atomic mass is 19.1. The third-order valence-electron chi connectivity index (χ3n) is 4.59. The largest absolute Gasteiger partial charge is 0.481 e. The van der Waals surface area contributed by atoms with Gasteiger partial charge in [0.05, 0.1) is 0 Å². The number of carboxylic acids is 1. The number of fused-ring (bicyclic) bond motifs is 1. The van der Waals surface area contributed by atoms with Gasteiger partial charge in [0, 0.05) is 31.0 Å². The van der Waals surface area contributed by atoms with Crippen LogP contribution < -0.4 is 4.74 Å². The van der Waals surface area contributed by atoms with E-state index in [-0.39, 0.29) is 24.1 Å². The molecule has 2 aliphatic heterocycles. The molecule has 1 N–H and O–H groups in total. The third kappa shape index (κ3) is 3.30. The number of piperidine rings is 1. The van der Waals surface area contributed by atoms with Gasteiger partial charge >= 0.3 is 5.97 Å². The predicted molar refractivity (Wildman–Crippen MR) is 80.7 cm³/mol. The van der Waals surface area contributed by atoms with Crippen LogP contribution in [-0.4, -0.2) is 40.6 Å². The average Bonchev–Trinajstić information content (AvgIpc) is 2.98. The molecular formula is C17H20FNO4. The highest BCUT2D eigenvalue weighted by molar-refractivity contribution is 5.83. The van der Waals surface area contributed by atoms with Crippen molar-refractivity contribution in [1.29, 1.82) is 0 Å². The minimum absolute atomic E-state index is 0.0504. The summed E-state index contributed by atoms with van der Waals surface area (Å²) >= 11 is 0. The molecule has 0 radical (unpaired) electrons. The molecule has 3 rings (SSSR count). The second kappa shape index (κ2) is 6.56. The number of likely N-dealkylation sites (tertiary alicyclic amines) is 1. The molecule has 23 heavy (non-hydrogen) atoms. The van der Waals surface area contributed by atoms with Gasteiger partial charge in [0.25, 0.3) is 5.91 Å². The van der Waals surface area contributed by atoms with Crippen molar-refractivity contribution in [2.45, 2.75) is 50.7 Å². The Hall–Kier alpha value is -2.11. The molecule has 2 aliphatic rings. The van der Waals surface area contributed by atoms with Gasteiger partial charge in [-0.05, 0) is 31.7 Å². The molecule has 1 amide bonds. The lowest BCUT2D eigenvalue weighted by atomic mass is 9.96. The number of benzene rings is 1. The molecule has 0 aliphatic carbocycles. The van der Waals surface area contributed by atoms with Gasteiger partial charge in [-0.1, -0.05) is 12.1 Å². The van der Waals surface area contributed by atoms with Crippen molar-refractivity contribution >= 4 is 11.9 Å². The molecule has 1 saturated heterocycles. The number of ether oxygens (including phenoxy) is 1. The van der Waals surface area contributed by atoms with Crippen molar-refractivity contribution in [3.8, 4) is 5.75 Å². The van der Waals surface area contributed by atoms with Crippen molar-refractivity contribution in [3.63, 3.8) is 0 Å². The van der Waals surface area contributed by atoms with E-state index in [4.69, 9.17) is 9.84 Å². The van der Waals surface area contributed by atoms with Crippen LogP contribution in [0.5, 0.6) is 5.75 Å². The quantitative estimate of drug-likeness (QED) is 0.924. The summed E-state index contributed by atoms with van der Waals surface area (Å²) in [5.41, 5.74) is 0.711. The van der Waals surface area contributed by atoms with Crippen molar-refractivity contribution in [2.24, 2.45) is 0 Å². The second-order valence-corrected chi connectivity index (χ2v) is 6.15. The summed E-state index contributed by atoms with van der Waals surface area (Å²) in [7, 11) is 0. The number of carboxylic acid groups (broad SMARTS) is 1. The zero-order valence-corrected chi connectivity index (χ0v) is 12.8. The van der Waals surface area contributed by atoms with Crippen LogP contribution in [0.25, 0.3) is 0 Å². The molecular weight excluding hydrogens is 301 g/mol. The lowest BCUT2D eigenvalue weighted by Crippen LogP contribution is -2.49. The monoisotopic (exact) mass is 321 g/mol. The van der Waals surface area contributed by atoms with Crippen molar-refractivity contribution in [3.05, 3.63) is 29.6 Å². The number of hydrogen-bond donors (Lipinski definition) is 1. The first-order valence-corrected chi connectivity index (χ1v) is 8.02. The van der Waals surface area contributed by atoms with Crippen molar-refractivity contribution < 1.29 is 23.8 Å². The van der Waals surface area contributed by atoms with Gasteiger partial charge in [0.1, 0.15) is 0 Å². The molecule has 0 bridgehead atoms. The Bertz CT molecular complexity index is 619. The SMILES string of the molecule is O=C(O)CC[C@H]1CCCCN1C(=O)[C@@H]1Cc2cccc(F)c2O1. The van der Waals surface area contributed by atoms with E-state index < -0.39 is 17.9 Å². The van der Waals surface area contributed by atoms with Crippen LogP contribution in [0, 0.1) is 5.82 Å². The van der Waals surface area contributed by atoms with Gasteiger partial charge in [-0.15, -0.1) is 0 Å². The van der Waals surface area contributed by atoms with E-state index in [2.05, 4.69) is 0 Å². The van der Waals surface area contributed by atoms with Crippen LogP contribution in [-0.2, 0) is 16.0 Å². The third-order valence-corrected chi connectivity index (χ3v) is 4.59. The van der Waals surface area contributed by atoms with Crippen LogP contribution >= 0.6 is 0 Å². The number of halogens is 1. The summed E-state index contributed by atoms with van der Waals surface area (Å²) < 4.78 is 19.3. The number of carbonyl (C=O) groups is 2. The van der Waals surface area contributed by atoms with Gasteiger partial charge in [-0.3, -0.25) is 9.59 Å². The van der Waals surface area contributed by atoms with Crippen LogP contribution in [0.2, 0.25) is 0 Å². The summed E-state index contributed by atoms with van der Waals surface area (Å²) in [6.07, 6.45) is 2.88. The Morgan fingerprint density at radius 2 is 2.17 bits per heavy atom. The maximum atomic E-state index is 13.7. The molecule has 124 valence electrons. The van der Waals surface area contributed by atoms with E-state index in [0.717, 1.165) is 19.3 Å². The Labute approximate surface area is 134 Å². The van der Waals surface area contributed by atoms with E-state index in [1.54, 1.807) is 17.0 Å². The van der Waals surface area contributed by atoms with Gasteiger partial charge in [-0.2, -0.15) is 0 Å². The molecule has 2 atom stereocenters. The molecule has 0 saturated carbocycles. The van der Waals surface area contributed by atoms with Gasteiger partial charge < -0.3 is 14.7 Å². The lowest BCUT2D eigenvalue weighted by Gasteiger charge is -2.36. The number of amides is 1. The molecule has 2 heterocycles. The smallest absolute Gasteiger partial charge is 0.303 e.